The minimum absolute atomic E-state index is 0.0889. The van der Waals surface area contributed by atoms with Gasteiger partial charge < -0.3 is 9.47 Å². The second-order valence-electron chi connectivity index (χ2n) is 7.95. The normalized spacial score (nSPS) is 14.2. The summed E-state index contributed by atoms with van der Waals surface area (Å²) in [7, 11) is 3.81. The van der Waals surface area contributed by atoms with Crippen molar-refractivity contribution in [1.29, 1.82) is 0 Å². The summed E-state index contributed by atoms with van der Waals surface area (Å²) in [4.78, 5) is 33.6. The molecule has 1 aromatic carbocycles. The number of carbonyl (C=O) groups excluding carboxylic acids is 1. The molecule has 30 heavy (non-hydrogen) atoms. The van der Waals surface area contributed by atoms with Gasteiger partial charge in [0.25, 0.3) is 0 Å². The summed E-state index contributed by atoms with van der Waals surface area (Å²) in [6.07, 6.45) is 7.01. The van der Waals surface area contributed by atoms with E-state index >= 15 is 0 Å². The summed E-state index contributed by atoms with van der Waals surface area (Å²) in [5.74, 6) is -0.0889. The van der Waals surface area contributed by atoms with Crippen LogP contribution in [0.5, 0.6) is 0 Å². The van der Waals surface area contributed by atoms with E-state index in [-0.39, 0.29) is 17.6 Å². The average Bonchev–Trinajstić information content (AvgIpc) is 3.45. The molecule has 3 heterocycles. The van der Waals surface area contributed by atoms with Gasteiger partial charge in [-0.25, -0.2) is 9.78 Å². The first-order valence-electron chi connectivity index (χ1n) is 10.1. The Morgan fingerprint density at radius 2 is 2.07 bits per heavy atom. The van der Waals surface area contributed by atoms with E-state index in [1.807, 2.05) is 25.2 Å². The van der Waals surface area contributed by atoms with E-state index < -0.39 is 0 Å². The van der Waals surface area contributed by atoms with Gasteiger partial charge in [-0.15, -0.1) is 0 Å². The Bertz CT molecular complexity index is 1350. The van der Waals surface area contributed by atoms with Crippen molar-refractivity contribution in [2.45, 2.75) is 25.4 Å². The van der Waals surface area contributed by atoms with Crippen molar-refractivity contribution in [2.24, 2.45) is 7.05 Å². The number of nitrogens with zero attached hydrogens (tertiary/aromatic N) is 4. The molecular formula is C23H23N5O2. The number of benzene rings is 1. The van der Waals surface area contributed by atoms with E-state index in [1.54, 1.807) is 34.9 Å². The van der Waals surface area contributed by atoms with Crippen molar-refractivity contribution in [3.05, 3.63) is 70.4 Å². The first-order chi connectivity index (χ1) is 14.5. The molecule has 0 bridgehead atoms. The highest BCUT2D eigenvalue weighted by Crippen LogP contribution is 2.35. The molecule has 5 rings (SSSR count). The van der Waals surface area contributed by atoms with Gasteiger partial charge in [0.2, 0.25) is 5.91 Å². The Labute approximate surface area is 173 Å². The molecule has 1 fully saturated rings. The van der Waals surface area contributed by atoms with E-state index in [0.29, 0.717) is 12.2 Å². The van der Waals surface area contributed by atoms with Crippen molar-refractivity contribution < 1.29 is 4.79 Å². The molecule has 1 N–H and O–H groups in total. The van der Waals surface area contributed by atoms with Gasteiger partial charge in [0.1, 0.15) is 0 Å². The van der Waals surface area contributed by atoms with Crippen LogP contribution in [0.25, 0.3) is 28.1 Å². The van der Waals surface area contributed by atoms with Crippen molar-refractivity contribution >= 4 is 34.1 Å². The molecule has 3 aromatic heterocycles. The van der Waals surface area contributed by atoms with Crippen LogP contribution in [0.2, 0.25) is 0 Å². The van der Waals surface area contributed by atoms with E-state index in [4.69, 9.17) is 0 Å². The third kappa shape index (κ3) is 3.22. The molecule has 152 valence electrons. The zero-order chi connectivity index (χ0) is 20.8. The lowest BCUT2D eigenvalue weighted by molar-refractivity contribution is -0.125. The number of aryl methyl sites for hydroxylation is 1. The number of amides is 1. The molecule has 0 unspecified atom stereocenters. The largest absolute Gasteiger partial charge is 0.346 e. The van der Waals surface area contributed by atoms with Crippen LogP contribution in [0.1, 0.15) is 30.1 Å². The van der Waals surface area contributed by atoms with Gasteiger partial charge in [0.05, 0.1) is 12.1 Å². The standard InChI is InChI=1S/C23H23N5O2/c1-26(14-18-12-16-5-3-4-6-19(16)27(18)2)21(29)10-7-15-11-20-22(24-13-15)25-23(30)28(20)17-8-9-17/h3-7,10-13,17H,8-9,14H2,1-2H3,(H,24,25,30)/b10-7+. The number of imidazole rings is 1. The fourth-order valence-corrected chi connectivity index (χ4v) is 3.92. The predicted octanol–water partition coefficient (Wildman–Crippen LogP) is 3.22. The summed E-state index contributed by atoms with van der Waals surface area (Å²) in [6.45, 7) is 0.519. The molecule has 7 nitrogen and oxygen atoms in total. The van der Waals surface area contributed by atoms with Crippen molar-refractivity contribution in [3.8, 4) is 0 Å². The van der Waals surface area contributed by atoms with Crippen LogP contribution in [0.15, 0.2) is 53.5 Å². The quantitative estimate of drug-likeness (QED) is 0.522. The zero-order valence-electron chi connectivity index (χ0n) is 17.0. The van der Waals surface area contributed by atoms with E-state index in [0.717, 1.165) is 35.1 Å². The first-order valence-corrected chi connectivity index (χ1v) is 10.1. The van der Waals surface area contributed by atoms with Gasteiger partial charge in [-0.3, -0.25) is 14.3 Å². The number of nitrogens with one attached hydrogen (secondary N) is 1. The number of pyridine rings is 1. The topological polar surface area (TPSA) is 75.9 Å². The SMILES string of the molecule is CN(Cc1cc2ccccc2n1C)C(=O)/C=C/c1cnc2[nH]c(=O)n(C3CC3)c2c1. The average molecular weight is 401 g/mol. The van der Waals surface area contributed by atoms with Gasteiger partial charge in [-0.1, -0.05) is 18.2 Å². The minimum Gasteiger partial charge on any atom is -0.346 e. The van der Waals surface area contributed by atoms with E-state index in [2.05, 4.69) is 32.7 Å². The second kappa shape index (κ2) is 7.02. The van der Waals surface area contributed by atoms with Crippen LogP contribution in [-0.4, -0.2) is 37.0 Å². The Kier molecular flexibility index (Phi) is 4.31. The summed E-state index contributed by atoms with van der Waals surface area (Å²) >= 11 is 0. The number of para-hydroxylation sites is 1. The van der Waals surface area contributed by atoms with Crippen molar-refractivity contribution in [1.82, 2.24) is 24.0 Å². The van der Waals surface area contributed by atoms with Gasteiger partial charge in [0.15, 0.2) is 5.65 Å². The van der Waals surface area contributed by atoms with Gasteiger partial charge in [0, 0.05) is 43.6 Å². The second-order valence-corrected chi connectivity index (χ2v) is 7.95. The lowest BCUT2D eigenvalue weighted by atomic mass is 10.2. The Hall–Kier alpha value is -3.61. The van der Waals surface area contributed by atoms with Crippen LogP contribution in [-0.2, 0) is 18.4 Å². The summed E-state index contributed by atoms with van der Waals surface area (Å²) < 4.78 is 3.89. The monoisotopic (exact) mass is 401 g/mol. The number of fused-ring (bicyclic) bond motifs is 2. The Morgan fingerprint density at radius 3 is 2.83 bits per heavy atom. The van der Waals surface area contributed by atoms with Crippen molar-refractivity contribution in [2.75, 3.05) is 7.05 Å². The van der Waals surface area contributed by atoms with Crippen LogP contribution in [0.4, 0.5) is 0 Å². The molecule has 0 radical (unpaired) electrons. The maximum absolute atomic E-state index is 12.6. The number of likely N-dealkylation sites (N-methyl/N-ethyl adjacent to an activating group) is 1. The van der Waals surface area contributed by atoms with E-state index in [9.17, 15) is 9.59 Å². The van der Waals surface area contributed by atoms with Crippen LogP contribution in [0, 0.1) is 0 Å². The number of H-pyrrole nitrogens is 1. The number of aromatic amines is 1. The van der Waals surface area contributed by atoms with Crippen LogP contribution in [0.3, 0.4) is 0 Å². The lowest BCUT2D eigenvalue weighted by Crippen LogP contribution is -2.25. The Morgan fingerprint density at radius 1 is 1.27 bits per heavy atom. The van der Waals surface area contributed by atoms with E-state index in [1.165, 1.54) is 5.39 Å². The number of rotatable bonds is 5. The van der Waals surface area contributed by atoms with Crippen LogP contribution >= 0.6 is 0 Å². The summed E-state index contributed by atoms with van der Waals surface area (Å²) in [5.41, 5.74) is 4.28. The molecule has 1 aliphatic rings. The lowest BCUT2D eigenvalue weighted by Gasteiger charge is -2.15. The smallest absolute Gasteiger partial charge is 0.327 e. The molecule has 0 atom stereocenters. The Balaban J connectivity index is 1.34. The molecule has 7 heteroatoms. The molecule has 0 saturated heterocycles. The molecule has 0 spiro atoms. The first kappa shape index (κ1) is 18.4. The van der Waals surface area contributed by atoms with Crippen LogP contribution < -0.4 is 5.69 Å². The summed E-state index contributed by atoms with van der Waals surface area (Å²) in [6, 6.07) is 12.5. The predicted molar refractivity (Wildman–Crippen MR) is 117 cm³/mol. The maximum Gasteiger partial charge on any atom is 0.327 e. The molecule has 1 saturated carbocycles. The maximum atomic E-state index is 12.6. The fourth-order valence-electron chi connectivity index (χ4n) is 3.92. The highest BCUT2D eigenvalue weighted by molar-refractivity contribution is 5.92. The number of carbonyl (C=O) groups is 1. The highest BCUT2D eigenvalue weighted by atomic mass is 16.2. The van der Waals surface area contributed by atoms with Crippen molar-refractivity contribution in [3.63, 3.8) is 0 Å². The number of hydrogen-bond donors (Lipinski definition) is 1. The third-order valence-corrected chi connectivity index (χ3v) is 5.75. The molecule has 1 aliphatic carbocycles. The number of hydrogen-bond acceptors (Lipinski definition) is 3. The molecule has 4 aromatic rings. The van der Waals surface area contributed by atoms with Gasteiger partial charge in [-0.05, 0) is 48.1 Å². The zero-order valence-corrected chi connectivity index (χ0v) is 17.0. The highest BCUT2D eigenvalue weighted by Gasteiger charge is 2.27. The molecular weight excluding hydrogens is 378 g/mol. The number of aromatic nitrogens is 4. The summed E-state index contributed by atoms with van der Waals surface area (Å²) in [5, 5.41) is 1.17. The van der Waals surface area contributed by atoms with Gasteiger partial charge in [-0.2, -0.15) is 0 Å². The fraction of sp³-hybridized carbons (Fsp3) is 0.261. The molecule has 0 aliphatic heterocycles. The molecule has 1 amide bonds. The third-order valence-electron chi connectivity index (χ3n) is 5.75. The minimum atomic E-state index is -0.119. The van der Waals surface area contributed by atoms with Gasteiger partial charge >= 0.3 is 5.69 Å².